The summed E-state index contributed by atoms with van der Waals surface area (Å²) in [6.07, 6.45) is 0.886. The van der Waals surface area contributed by atoms with Gasteiger partial charge in [-0.05, 0) is 62.1 Å². The molecule has 1 fully saturated rings. The molecule has 0 saturated carbocycles. The van der Waals surface area contributed by atoms with Gasteiger partial charge in [-0.15, -0.1) is 0 Å². The van der Waals surface area contributed by atoms with E-state index in [9.17, 15) is 18.0 Å². The van der Waals surface area contributed by atoms with E-state index in [4.69, 9.17) is 4.42 Å². The van der Waals surface area contributed by atoms with Crippen LogP contribution in [0.25, 0.3) is 11.1 Å². The number of aryl methyl sites for hydroxylation is 3. The third kappa shape index (κ3) is 4.15. The van der Waals surface area contributed by atoms with Gasteiger partial charge >= 0.3 is 5.76 Å². The van der Waals surface area contributed by atoms with Gasteiger partial charge in [0.1, 0.15) is 0 Å². The molecule has 1 aliphatic heterocycles. The summed E-state index contributed by atoms with van der Waals surface area (Å²) in [6, 6.07) is 10.3. The van der Waals surface area contributed by atoms with Crippen molar-refractivity contribution in [1.29, 1.82) is 0 Å². The van der Waals surface area contributed by atoms with Crippen LogP contribution < -0.4 is 11.1 Å². The molecule has 2 aromatic carbocycles. The Hall–Kier alpha value is -2.91. The van der Waals surface area contributed by atoms with Crippen molar-refractivity contribution < 1.29 is 17.6 Å². The summed E-state index contributed by atoms with van der Waals surface area (Å²) in [5, 5.41) is 2.96. The van der Waals surface area contributed by atoms with E-state index in [1.54, 1.807) is 13.1 Å². The van der Waals surface area contributed by atoms with Crippen LogP contribution in [-0.4, -0.2) is 36.3 Å². The first kappa shape index (κ1) is 21.3. The number of nitrogens with one attached hydrogen (secondary N) is 1. The normalized spacial score (nSPS) is 16.0. The van der Waals surface area contributed by atoms with Gasteiger partial charge in [0.15, 0.2) is 5.58 Å². The number of aromatic nitrogens is 1. The molecule has 0 spiro atoms. The van der Waals surface area contributed by atoms with Gasteiger partial charge in [0, 0.05) is 37.8 Å². The minimum atomic E-state index is -3.75. The Kier molecular flexibility index (Phi) is 5.49. The smallest absolute Gasteiger partial charge is 0.408 e. The Labute approximate surface area is 180 Å². The van der Waals surface area contributed by atoms with Crippen LogP contribution in [0.1, 0.15) is 24.0 Å². The summed E-state index contributed by atoms with van der Waals surface area (Å²) in [5.74, 6) is -0.878. The fourth-order valence-electron chi connectivity index (χ4n) is 4.07. The topological polar surface area (TPSA) is 102 Å². The standard InChI is InChI=1S/C22H25N3O5S/c1-14-10-15(2)12-17(11-14)23-21(26)16-6-8-25(9-7-16)31(28,29)18-4-5-19-20(13-18)30-22(27)24(19)3/h4-5,10-13,16H,6-9H2,1-3H3,(H,23,26). The molecule has 3 aromatic rings. The van der Waals surface area contributed by atoms with E-state index >= 15 is 0 Å². The summed E-state index contributed by atoms with van der Waals surface area (Å²) < 4.78 is 34.0. The minimum absolute atomic E-state index is 0.0764. The fraction of sp³-hybridized carbons (Fsp3) is 0.364. The van der Waals surface area contributed by atoms with Gasteiger partial charge in [-0.25, -0.2) is 13.2 Å². The number of rotatable bonds is 4. The average molecular weight is 444 g/mol. The van der Waals surface area contributed by atoms with E-state index in [1.165, 1.54) is 21.0 Å². The number of oxazole rings is 1. The predicted octanol–water partition coefficient (Wildman–Crippen LogP) is 2.79. The largest absolute Gasteiger partial charge is 0.419 e. The monoisotopic (exact) mass is 443 g/mol. The van der Waals surface area contributed by atoms with E-state index in [2.05, 4.69) is 5.32 Å². The van der Waals surface area contributed by atoms with Gasteiger partial charge in [0.05, 0.1) is 10.4 Å². The highest BCUT2D eigenvalue weighted by atomic mass is 32.2. The van der Waals surface area contributed by atoms with Crippen molar-refractivity contribution >= 4 is 32.7 Å². The second kappa shape index (κ2) is 7.97. The van der Waals surface area contributed by atoms with Crippen LogP contribution >= 0.6 is 0 Å². The van der Waals surface area contributed by atoms with Crippen LogP contribution in [0.3, 0.4) is 0 Å². The Bertz CT molecular complexity index is 1290. The molecule has 0 atom stereocenters. The van der Waals surface area contributed by atoms with E-state index in [-0.39, 0.29) is 35.4 Å². The molecule has 8 nitrogen and oxygen atoms in total. The second-order valence-corrected chi connectivity index (χ2v) is 10.0. The van der Waals surface area contributed by atoms with Gasteiger partial charge in [-0.1, -0.05) is 6.07 Å². The summed E-state index contributed by atoms with van der Waals surface area (Å²) in [4.78, 5) is 24.4. The van der Waals surface area contributed by atoms with Crippen molar-refractivity contribution in [2.24, 2.45) is 13.0 Å². The Morgan fingerprint density at radius 3 is 2.35 bits per heavy atom. The van der Waals surface area contributed by atoms with Crippen molar-refractivity contribution in [2.75, 3.05) is 18.4 Å². The molecule has 1 aliphatic rings. The number of amides is 1. The fourth-order valence-corrected chi connectivity index (χ4v) is 5.56. The van der Waals surface area contributed by atoms with Crippen molar-refractivity contribution in [2.45, 2.75) is 31.6 Å². The molecule has 0 unspecified atom stereocenters. The number of carbonyl (C=O) groups is 1. The molecular weight excluding hydrogens is 418 g/mol. The Morgan fingerprint density at radius 2 is 1.71 bits per heavy atom. The average Bonchev–Trinajstić information content (AvgIpc) is 3.00. The quantitative estimate of drug-likeness (QED) is 0.668. The van der Waals surface area contributed by atoms with Crippen LogP contribution in [0, 0.1) is 19.8 Å². The molecule has 0 aliphatic carbocycles. The second-order valence-electron chi connectivity index (χ2n) is 8.10. The van der Waals surface area contributed by atoms with Crippen LogP contribution in [-0.2, 0) is 21.9 Å². The number of hydrogen-bond donors (Lipinski definition) is 1. The number of fused-ring (bicyclic) bond motifs is 1. The molecule has 1 amide bonds. The third-order valence-electron chi connectivity index (χ3n) is 5.72. The lowest BCUT2D eigenvalue weighted by Crippen LogP contribution is -2.41. The van der Waals surface area contributed by atoms with Gasteiger partial charge in [0.25, 0.3) is 0 Å². The molecule has 4 rings (SSSR count). The zero-order valence-electron chi connectivity index (χ0n) is 17.7. The third-order valence-corrected chi connectivity index (χ3v) is 7.61. The molecule has 0 bridgehead atoms. The van der Waals surface area contributed by atoms with E-state index < -0.39 is 15.8 Å². The number of anilines is 1. The molecule has 31 heavy (non-hydrogen) atoms. The van der Waals surface area contributed by atoms with E-state index in [0.29, 0.717) is 18.4 Å². The highest BCUT2D eigenvalue weighted by Crippen LogP contribution is 2.27. The summed E-state index contributed by atoms with van der Waals surface area (Å²) in [7, 11) is -2.18. The highest BCUT2D eigenvalue weighted by molar-refractivity contribution is 7.89. The van der Waals surface area contributed by atoms with Crippen molar-refractivity contribution in [1.82, 2.24) is 8.87 Å². The van der Waals surface area contributed by atoms with Gasteiger partial charge in [-0.3, -0.25) is 9.36 Å². The van der Waals surface area contributed by atoms with E-state index in [0.717, 1.165) is 16.8 Å². The maximum absolute atomic E-state index is 13.1. The van der Waals surface area contributed by atoms with Gasteiger partial charge in [0.2, 0.25) is 15.9 Å². The molecule has 2 heterocycles. The van der Waals surface area contributed by atoms with E-state index in [1.807, 2.05) is 32.0 Å². The van der Waals surface area contributed by atoms with Crippen molar-refractivity contribution in [3.8, 4) is 0 Å². The molecule has 164 valence electrons. The first-order valence-corrected chi connectivity index (χ1v) is 11.6. The Balaban J connectivity index is 1.45. The maximum atomic E-state index is 13.1. The molecule has 1 aromatic heterocycles. The molecule has 9 heteroatoms. The summed E-state index contributed by atoms with van der Waals surface area (Å²) in [6.45, 7) is 4.46. The number of sulfonamides is 1. The lowest BCUT2D eigenvalue weighted by Gasteiger charge is -2.30. The van der Waals surface area contributed by atoms with Crippen LogP contribution in [0.2, 0.25) is 0 Å². The maximum Gasteiger partial charge on any atom is 0.419 e. The molecular formula is C22H25N3O5S. The lowest BCUT2D eigenvalue weighted by molar-refractivity contribution is -0.120. The van der Waals surface area contributed by atoms with Gasteiger partial charge < -0.3 is 9.73 Å². The van der Waals surface area contributed by atoms with Crippen LogP contribution in [0.4, 0.5) is 5.69 Å². The number of nitrogens with zero attached hydrogens (tertiary/aromatic N) is 2. The van der Waals surface area contributed by atoms with Crippen molar-refractivity contribution in [3.05, 3.63) is 58.1 Å². The van der Waals surface area contributed by atoms with Crippen LogP contribution in [0.5, 0.6) is 0 Å². The zero-order valence-corrected chi connectivity index (χ0v) is 18.5. The van der Waals surface area contributed by atoms with Gasteiger partial charge in [-0.2, -0.15) is 4.31 Å². The Morgan fingerprint density at radius 1 is 1.06 bits per heavy atom. The van der Waals surface area contributed by atoms with Crippen LogP contribution in [0.15, 0.2) is 50.5 Å². The molecule has 1 saturated heterocycles. The number of hydrogen-bond acceptors (Lipinski definition) is 5. The zero-order chi connectivity index (χ0) is 22.3. The first-order valence-electron chi connectivity index (χ1n) is 10.1. The SMILES string of the molecule is Cc1cc(C)cc(NC(=O)C2CCN(S(=O)(=O)c3ccc4c(c3)oc(=O)n4C)CC2)c1. The highest BCUT2D eigenvalue weighted by Gasteiger charge is 2.32. The predicted molar refractivity (Wildman–Crippen MR) is 117 cm³/mol. The summed E-state index contributed by atoms with van der Waals surface area (Å²) >= 11 is 0. The minimum Gasteiger partial charge on any atom is -0.408 e. The number of carbonyl (C=O) groups excluding carboxylic acids is 1. The summed E-state index contributed by atoms with van der Waals surface area (Å²) in [5.41, 5.74) is 3.67. The lowest BCUT2D eigenvalue weighted by atomic mass is 9.97. The number of piperidine rings is 1. The molecule has 1 N–H and O–H groups in total. The number of benzene rings is 2. The molecule has 0 radical (unpaired) electrons. The van der Waals surface area contributed by atoms with Crippen molar-refractivity contribution in [3.63, 3.8) is 0 Å². The first-order chi connectivity index (χ1) is 14.6.